The third-order valence-electron chi connectivity index (χ3n) is 5.54. The number of aliphatic hydroxyl groups excluding tert-OH is 1. The molecule has 8 nitrogen and oxygen atoms in total. The number of nitrogens with zero attached hydrogens (tertiary/aromatic N) is 2. The Balaban J connectivity index is 1.87. The van der Waals surface area contributed by atoms with E-state index in [0.717, 1.165) is 5.56 Å². The van der Waals surface area contributed by atoms with Crippen LogP contribution in [0.1, 0.15) is 28.5 Å². The predicted molar refractivity (Wildman–Crippen MR) is 126 cm³/mol. The second-order valence-electron chi connectivity index (χ2n) is 7.82. The number of aryl methyl sites for hydroxylation is 2. The van der Waals surface area contributed by atoms with Crippen molar-refractivity contribution in [2.24, 2.45) is 0 Å². The molecule has 1 aromatic heterocycles. The number of aromatic nitrogens is 1. The molecule has 1 aliphatic rings. The van der Waals surface area contributed by atoms with Crippen molar-refractivity contribution in [2.45, 2.75) is 19.9 Å². The molecule has 0 aliphatic carbocycles. The zero-order chi connectivity index (χ0) is 24.4. The number of ether oxygens (including phenoxy) is 2. The van der Waals surface area contributed by atoms with E-state index in [9.17, 15) is 14.7 Å². The summed E-state index contributed by atoms with van der Waals surface area (Å²) in [5.41, 5.74) is 1.71. The summed E-state index contributed by atoms with van der Waals surface area (Å²) in [6.45, 7) is 7.48. The zero-order valence-corrected chi connectivity index (χ0v) is 19.1. The summed E-state index contributed by atoms with van der Waals surface area (Å²) in [7, 11) is 1.55. The van der Waals surface area contributed by atoms with Crippen LogP contribution in [0.2, 0.25) is 0 Å². The maximum Gasteiger partial charge on any atom is 0.301 e. The lowest BCUT2D eigenvalue weighted by Crippen LogP contribution is -2.29. The van der Waals surface area contributed by atoms with Crippen LogP contribution in [0, 0.1) is 13.8 Å². The summed E-state index contributed by atoms with van der Waals surface area (Å²) in [6, 6.07) is 12.6. The number of rotatable bonds is 7. The molecule has 1 unspecified atom stereocenters. The van der Waals surface area contributed by atoms with Gasteiger partial charge in [0, 0.05) is 11.6 Å². The highest BCUT2D eigenvalue weighted by molar-refractivity contribution is 6.51. The SMILES string of the molecule is C=CCOc1ccc(C2/C(=C(/O)c3ccc(OC)c(C)c3)C(=O)C(=O)N2c2cc(C)on2)cc1. The summed E-state index contributed by atoms with van der Waals surface area (Å²) in [5, 5.41) is 15.2. The first-order valence-corrected chi connectivity index (χ1v) is 10.6. The van der Waals surface area contributed by atoms with Crippen molar-refractivity contribution in [3.63, 3.8) is 0 Å². The molecule has 174 valence electrons. The van der Waals surface area contributed by atoms with Gasteiger partial charge in [0.25, 0.3) is 5.78 Å². The molecule has 1 amide bonds. The molecule has 2 heterocycles. The molecule has 0 spiro atoms. The normalized spacial score (nSPS) is 17.1. The van der Waals surface area contributed by atoms with Gasteiger partial charge in [-0.1, -0.05) is 29.9 Å². The van der Waals surface area contributed by atoms with Crippen molar-refractivity contribution in [2.75, 3.05) is 18.6 Å². The lowest BCUT2D eigenvalue weighted by molar-refractivity contribution is -0.132. The van der Waals surface area contributed by atoms with Crippen LogP contribution >= 0.6 is 0 Å². The van der Waals surface area contributed by atoms with Gasteiger partial charge in [0.2, 0.25) is 0 Å². The molecule has 34 heavy (non-hydrogen) atoms. The highest BCUT2D eigenvalue weighted by Crippen LogP contribution is 2.42. The summed E-state index contributed by atoms with van der Waals surface area (Å²) in [4.78, 5) is 27.5. The molecule has 8 heteroatoms. The number of amides is 1. The maximum atomic E-state index is 13.2. The molecule has 4 rings (SSSR count). The first kappa shape index (κ1) is 22.8. The van der Waals surface area contributed by atoms with Crippen molar-refractivity contribution >= 4 is 23.3 Å². The van der Waals surface area contributed by atoms with Crippen molar-refractivity contribution in [1.82, 2.24) is 5.16 Å². The average molecular weight is 460 g/mol. The van der Waals surface area contributed by atoms with Crippen LogP contribution in [0.15, 0.2) is 71.3 Å². The fourth-order valence-corrected chi connectivity index (χ4v) is 3.93. The maximum absolute atomic E-state index is 13.2. The second kappa shape index (κ2) is 9.27. The summed E-state index contributed by atoms with van der Waals surface area (Å²) >= 11 is 0. The van der Waals surface area contributed by atoms with Crippen LogP contribution in [-0.4, -0.2) is 35.7 Å². The number of Topliss-reactive ketones (excluding diaryl/α,β-unsaturated/α-hetero) is 1. The van der Waals surface area contributed by atoms with Crippen LogP contribution in [0.4, 0.5) is 5.82 Å². The minimum Gasteiger partial charge on any atom is -0.507 e. The van der Waals surface area contributed by atoms with E-state index >= 15 is 0 Å². The first-order chi connectivity index (χ1) is 16.3. The highest BCUT2D eigenvalue weighted by atomic mass is 16.5. The monoisotopic (exact) mass is 460 g/mol. The molecule has 1 aliphatic heterocycles. The van der Waals surface area contributed by atoms with E-state index in [1.165, 1.54) is 4.90 Å². The molecule has 1 saturated heterocycles. The molecule has 1 fully saturated rings. The van der Waals surface area contributed by atoms with Gasteiger partial charge in [-0.05, 0) is 55.3 Å². The number of hydrogen-bond donors (Lipinski definition) is 1. The smallest absolute Gasteiger partial charge is 0.301 e. The molecule has 0 saturated carbocycles. The molecule has 0 radical (unpaired) electrons. The molecule has 1 N–H and O–H groups in total. The quantitative estimate of drug-likeness (QED) is 0.240. The number of methoxy groups -OCH3 is 1. The number of hydrogen-bond acceptors (Lipinski definition) is 7. The lowest BCUT2D eigenvalue weighted by atomic mass is 9.94. The van der Waals surface area contributed by atoms with E-state index in [0.29, 0.717) is 35.0 Å². The average Bonchev–Trinajstić information content (AvgIpc) is 3.38. The third-order valence-corrected chi connectivity index (χ3v) is 5.54. The van der Waals surface area contributed by atoms with Crippen LogP contribution in [-0.2, 0) is 9.59 Å². The summed E-state index contributed by atoms with van der Waals surface area (Å²) in [5.74, 6) is -0.00831. The first-order valence-electron chi connectivity index (χ1n) is 10.6. The Morgan fingerprint density at radius 1 is 1.18 bits per heavy atom. The van der Waals surface area contributed by atoms with Crippen molar-refractivity contribution in [3.8, 4) is 11.5 Å². The summed E-state index contributed by atoms with van der Waals surface area (Å²) < 4.78 is 16.0. The van der Waals surface area contributed by atoms with Gasteiger partial charge in [0.05, 0.1) is 18.7 Å². The fourth-order valence-electron chi connectivity index (χ4n) is 3.93. The Morgan fingerprint density at radius 3 is 2.50 bits per heavy atom. The van der Waals surface area contributed by atoms with Gasteiger partial charge in [-0.15, -0.1) is 0 Å². The minimum atomic E-state index is -0.916. The Bertz CT molecular complexity index is 1290. The topological polar surface area (TPSA) is 102 Å². The van der Waals surface area contributed by atoms with Gasteiger partial charge >= 0.3 is 5.91 Å². The highest BCUT2D eigenvalue weighted by Gasteiger charge is 2.48. The minimum absolute atomic E-state index is 0.0463. The fraction of sp³-hybridized carbons (Fsp3) is 0.192. The van der Waals surface area contributed by atoms with Gasteiger partial charge in [0.15, 0.2) is 5.82 Å². The van der Waals surface area contributed by atoms with Crippen LogP contribution in [0.3, 0.4) is 0 Å². The predicted octanol–water partition coefficient (Wildman–Crippen LogP) is 4.49. The van der Waals surface area contributed by atoms with E-state index in [-0.39, 0.29) is 17.2 Å². The van der Waals surface area contributed by atoms with Crippen LogP contribution in [0.5, 0.6) is 11.5 Å². The van der Waals surface area contributed by atoms with Gasteiger partial charge in [-0.2, -0.15) is 0 Å². The third kappa shape index (κ3) is 4.05. The molecular formula is C26H24N2O6. The van der Waals surface area contributed by atoms with Gasteiger partial charge < -0.3 is 19.1 Å². The Kier molecular flexibility index (Phi) is 6.23. The number of anilines is 1. The molecule has 1 atom stereocenters. The van der Waals surface area contributed by atoms with E-state index < -0.39 is 17.7 Å². The zero-order valence-electron chi connectivity index (χ0n) is 19.1. The number of ketones is 1. The molecule has 3 aromatic rings. The number of aliphatic hydroxyl groups is 1. The van der Waals surface area contributed by atoms with Gasteiger partial charge in [-0.3, -0.25) is 14.5 Å². The Labute approximate surface area is 196 Å². The van der Waals surface area contributed by atoms with Crippen molar-refractivity contribution < 1.29 is 28.7 Å². The Hall–Kier alpha value is -4.33. The molecular weight excluding hydrogens is 436 g/mol. The lowest BCUT2D eigenvalue weighted by Gasteiger charge is -2.23. The van der Waals surface area contributed by atoms with Gasteiger partial charge in [-0.25, -0.2) is 0 Å². The number of carbonyl (C=O) groups is 2. The molecule has 0 bridgehead atoms. The van der Waals surface area contributed by atoms with Crippen molar-refractivity contribution in [3.05, 3.63) is 89.2 Å². The van der Waals surface area contributed by atoms with E-state index in [2.05, 4.69) is 11.7 Å². The van der Waals surface area contributed by atoms with E-state index in [1.807, 2.05) is 6.92 Å². The number of carbonyl (C=O) groups excluding carboxylic acids is 2. The van der Waals surface area contributed by atoms with Crippen molar-refractivity contribution in [1.29, 1.82) is 0 Å². The summed E-state index contributed by atoms with van der Waals surface area (Å²) in [6.07, 6.45) is 1.63. The largest absolute Gasteiger partial charge is 0.507 e. The van der Waals surface area contributed by atoms with E-state index in [1.54, 1.807) is 68.6 Å². The second-order valence-corrected chi connectivity index (χ2v) is 7.82. The molecule has 2 aromatic carbocycles. The number of benzene rings is 2. The van der Waals surface area contributed by atoms with Gasteiger partial charge in [0.1, 0.15) is 29.6 Å². The van der Waals surface area contributed by atoms with Crippen LogP contribution in [0.25, 0.3) is 5.76 Å². The van der Waals surface area contributed by atoms with E-state index in [4.69, 9.17) is 14.0 Å². The standard InChI is InChI=1S/C26H24N2O6/c1-5-12-33-19-9-6-17(7-10-19)23-22(24(29)18-8-11-20(32-4)15(2)13-18)25(30)26(31)28(23)21-14-16(3)34-27-21/h5-11,13-14,23,29H,1,12H2,2-4H3/b24-22-. The Morgan fingerprint density at radius 2 is 1.91 bits per heavy atom. The van der Waals surface area contributed by atoms with Crippen LogP contribution < -0.4 is 14.4 Å².